The number of Topliss-reactive ketones (excluding diaryl/α,β-unsaturated/α-hetero) is 1. The molecule has 2 amide bonds. The van der Waals surface area contributed by atoms with Crippen LogP contribution in [0.5, 0.6) is 5.75 Å². The number of para-hydroxylation sites is 2. The Kier molecular flexibility index (Phi) is 7.82. The molecule has 0 bridgehead atoms. The van der Waals surface area contributed by atoms with Crippen LogP contribution in [0.1, 0.15) is 29.4 Å². The number of anilines is 1. The number of halogens is 1. The van der Waals surface area contributed by atoms with Crippen molar-refractivity contribution in [1.29, 1.82) is 0 Å². The highest BCUT2D eigenvalue weighted by Crippen LogP contribution is 2.24. The minimum atomic E-state index is -0.328. The van der Waals surface area contributed by atoms with E-state index in [1.807, 2.05) is 0 Å². The van der Waals surface area contributed by atoms with Crippen molar-refractivity contribution in [2.75, 3.05) is 25.5 Å². The number of nitrogens with zero attached hydrogens (tertiary/aromatic N) is 1. The van der Waals surface area contributed by atoms with Crippen LogP contribution in [0.3, 0.4) is 0 Å². The van der Waals surface area contributed by atoms with E-state index in [4.69, 9.17) is 16.3 Å². The van der Waals surface area contributed by atoms with Gasteiger partial charge in [-0.2, -0.15) is 0 Å². The molecule has 1 heterocycles. The van der Waals surface area contributed by atoms with Crippen LogP contribution in [-0.4, -0.2) is 42.7 Å². The molecule has 0 saturated carbocycles. The van der Waals surface area contributed by atoms with Crippen molar-refractivity contribution in [2.45, 2.75) is 19.8 Å². The first kappa shape index (κ1) is 20.9. The number of rotatable bonds is 9. The quantitative estimate of drug-likeness (QED) is 0.639. The summed E-state index contributed by atoms with van der Waals surface area (Å²) in [6.07, 6.45) is 0.129. The van der Waals surface area contributed by atoms with E-state index in [-0.39, 0.29) is 37.0 Å². The number of hydrogen-bond acceptors (Lipinski definition) is 5. The number of ketones is 1. The summed E-state index contributed by atoms with van der Waals surface area (Å²) in [5, 5.41) is 2.74. The average Bonchev–Trinajstić information content (AvgIpc) is 3.10. The number of amides is 2. The predicted molar refractivity (Wildman–Crippen MR) is 107 cm³/mol. The number of thiophene rings is 1. The van der Waals surface area contributed by atoms with Gasteiger partial charge in [-0.3, -0.25) is 14.4 Å². The lowest BCUT2D eigenvalue weighted by molar-refractivity contribution is -0.134. The van der Waals surface area contributed by atoms with Gasteiger partial charge in [0.25, 0.3) is 0 Å². The highest BCUT2D eigenvalue weighted by Gasteiger charge is 2.18. The summed E-state index contributed by atoms with van der Waals surface area (Å²) in [6.45, 7) is 2.07. The standard InChI is InChI=1S/C19H21ClN2O4S/c1-3-22(12-18(24)21-13-6-4-5-7-15(13)26-2)19(25)11-8-14(23)16-9-10-17(20)27-16/h4-7,9-10H,3,8,11-12H2,1-2H3,(H,21,24). The lowest BCUT2D eigenvalue weighted by Crippen LogP contribution is -2.38. The molecule has 0 atom stereocenters. The van der Waals surface area contributed by atoms with E-state index in [0.717, 1.165) is 0 Å². The molecule has 2 aromatic rings. The lowest BCUT2D eigenvalue weighted by atomic mass is 10.2. The van der Waals surface area contributed by atoms with Gasteiger partial charge in [-0.25, -0.2) is 0 Å². The van der Waals surface area contributed by atoms with E-state index < -0.39 is 0 Å². The van der Waals surface area contributed by atoms with Crippen LogP contribution in [0.15, 0.2) is 36.4 Å². The molecule has 6 nitrogen and oxygen atoms in total. The van der Waals surface area contributed by atoms with Gasteiger partial charge in [0.2, 0.25) is 11.8 Å². The topological polar surface area (TPSA) is 75.7 Å². The lowest BCUT2D eigenvalue weighted by Gasteiger charge is -2.20. The Morgan fingerprint density at radius 1 is 1.15 bits per heavy atom. The van der Waals surface area contributed by atoms with Gasteiger partial charge >= 0.3 is 0 Å². The van der Waals surface area contributed by atoms with E-state index in [9.17, 15) is 14.4 Å². The van der Waals surface area contributed by atoms with Gasteiger partial charge < -0.3 is 15.0 Å². The first-order chi connectivity index (χ1) is 12.9. The maximum absolute atomic E-state index is 12.4. The minimum Gasteiger partial charge on any atom is -0.495 e. The first-order valence-electron chi connectivity index (χ1n) is 8.43. The number of carbonyl (C=O) groups is 3. The number of nitrogens with one attached hydrogen (secondary N) is 1. The molecule has 0 aliphatic heterocycles. The molecule has 0 fully saturated rings. The van der Waals surface area contributed by atoms with Crippen molar-refractivity contribution in [3.8, 4) is 5.75 Å². The van der Waals surface area contributed by atoms with Gasteiger partial charge in [0.1, 0.15) is 5.75 Å². The van der Waals surface area contributed by atoms with Gasteiger partial charge in [-0.1, -0.05) is 23.7 Å². The van der Waals surface area contributed by atoms with Crippen LogP contribution in [0.4, 0.5) is 5.69 Å². The molecule has 144 valence electrons. The van der Waals surface area contributed by atoms with E-state index in [0.29, 0.717) is 27.2 Å². The summed E-state index contributed by atoms with van der Waals surface area (Å²) in [4.78, 5) is 38.7. The molecular weight excluding hydrogens is 388 g/mol. The summed E-state index contributed by atoms with van der Waals surface area (Å²) in [5.74, 6) is -0.162. The number of hydrogen-bond donors (Lipinski definition) is 1. The fraction of sp³-hybridized carbons (Fsp3) is 0.316. The third-order valence-electron chi connectivity index (χ3n) is 3.86. The third kappa shape index (κ3) is 6.08. The van der Waals surface area contributed by atoms with Crippen molar-refractivity contribution in [1.82, 2.24) is 4.90 Å². The second-order valence-electron chi connectivity index (χ2n) is 5.68. The van der Waals surface area contributed by atoms with Crippen LogP contribution in [-0.2, 0) is 9.59 Å². The number of methoxy groups -OCH3 is 1. The first-order valence-corrected chi connectivity index (χ1v) is 9.63. The molecule has 1 aromatic heterocycles. The molecule has 0 radical (unpaired) electrons. The zero-order valence-corrected chi connectivity index (χ0v) is 16.7. The third-order valence-corrected chi connectivity index (χ3v) is 5.14. The molecule has 0 aliphatic rings. The van der Waals surface area contributed by atoms with E-state index >= 15 is 0 Å². The molecule has 8 heteroatoms. The van der Waals surface area contributed by atoms with Crippen LogP contribution < -0.4 is 10.1 Å². The molecule has 0 saturated heterocycles. The zero-order chi connectivity index (χ0) is 19.8. The predicted octanol–water partition coefficient (Wildman–Crippen LogP) is 3.86. The van der Waals surface area contributed by atoms with E-state index in [1.165, 1.54) is 23.3 Å². The van der Waals surface area contributed by atoms with Crippen LogP contribution in [0, 0.1) is 0 Å². The molecule has 0 spiro atoms. The summed E-state index contributed by atoms with van der Waals surface area (Å²) in [6, 6.07) is 10.3. The fourth-order valence-electron chi connectivity index (χ4n) is 2.45. The molecule has 0 aliphatic carbocycles. The second kappa shape index (κ2) is 10.1. The van der Waals surface area contributed by atoms with Gasteiger partial charge in [0, 0.05) is 19.4 Å². The van der Waals surface area contributed by atoms with Crippen molar-refractivity contribution in [3.63, 3.8) is 0 Å². The number of carbonyl (C=O) groups excluding carboxylic acids is 3. The molecule has 1 N–H and O–H groups in total. The molecule has 2 rings (SSSR count). The van der Waals surface area contributed by atoms with Gasteiger partial charge in [0.15, 0.2) is 5.78 Å². The smallest absolute Gasteiger partial charge is 0.244 e. The monoisotopic (exact) mass is 408 g/mol. The SMILES string of the molecule is CCN(CC(=O)Nc1ccccc1OC)C(=O)CCC(=O)c1ccc(Cl)s1. The summed E-state index contributed by atoms with van der Waals surface area (Å²) in [5.41, 5.74) is 0.540. The number of benzene rings is 1. The van der Waals surface area contributed by atoms with Crippen molar-refractivity contribution in [2.24, 2.45) is 0 Å². The highest BCUT2D eigenvalue weighted by molar-refractivity contribution is 7.18. The normalized spacial score (nSPS) is 10.3. The van der Waals surface area contributed by atoms with Crippen LogP contribution in [0.25, 0.3) is 0 Å². The van der Waals surface area contributed by atoms with Crippen molar-refractivity contribution in [3.05, 3.63) is 45.6 Å². The Morgan fingerprint density at radius 2 is 1.89 bits per heavy atom. The summed E-state index contributed by atoms with van der Waals surface area (Å²) in [7, 11) is 1.52. The Hall–Kier alpha value is -2.38. The van der Waals surface area contributed by atoms with Gasteiger partial charge in [-0.15, -0.1) is 11.3 Å². The minimum absolute atomic E-state index is 0.0458. The Morgan fingerprint density at radius 3 is 2.52 bits per heavy atom. The fourth-order valence-corrected chi connectivity index (χ4v) is 3.46. The van der Waals surface area contributed by atoms with Gasteiger partial charge in [-0.05, 0) is 31.2 Å². The van der Waals surface area contributed by atoms with Gasteiger partial charge in [0.05, 0.1) is 28.6 Å². The van der Waals surface area contributed by atoms with Crippen LogP contribution in [0.2, 0.25) is 4.34 Å². The van der Waals surface area contributed by atoms with Crippen LogP contribution >= 0.6 is 22.9 Å². The van der Waals surface area contributed by atoms with Crippen molar-refractivity contribution >= 4 is 46.2 Å². The Bertz CT molecular complexity index is 822. The van der Waals surface area contributed by atoms with E-state index in [1.54, 1.807) is 43.3 Å². The summed E-state index contributed by atoms with van der Waals surface area (Å²) >= 11 is 7.02. The largest absolute Gasteiger partial charge is 0.495 e. The Labute approximate surface area is 167 Å². The van der Waals surface area contributed by atoms with E-state index in [2.05, 4.69) is 5.32 Å². The Balaban J connectivity index is 1.88. The number of ether oxygens (including phenoxy) is 1. The maximum Gasteiger partial charge on any atom is 0.244 e. The number of likely N-dealkylation sites (N-methyl/N-ethyl adjacent to an activating group) is 1. The zero-order valence-electron chi connectivity index (χ0n) is 15.2. The highest BCUT2D eigenvalue weighted by atomic mass is 35.5. The summed E-state index contributed by atoms with van der Waals surface area (Å²) < 4.78 is 5.73. The molecule has 27 heavy (non-hydrogen) atoms. The molecule has 1 aromatic carbocycles. The maximum atomic E-state index is 12.4. The second-order valence-corrected chi connectivity index (χ2v) is 7.40. The molecule has 0 unspecified atom stereocenters. The molecular formula is C19H21ClN2O4S. The average molecular weight is 409 g/mol. The van der Waals surface area contributed by atoms with Crippen molar-refractivity contribution < 1.29 is 19.1 Å².